The van der Waals surface area contributed by atoms with Gasteiger partial charge in [0.2, 0.25) is 0 Å². The van der Waals surface area contributed by atoms with Crippen LogP contribution < -0.4 is 11.1 Å². The van der Waals surface area contributed by atoms with E-state index in [0.29, 0.717) is 5.69 Å². The second-order valence-corrected chi connectivity index (χ2v) is 3.81. The zero-order valence-electron chi connectivity index (χ0n) is 9.83. The maximum absolute atomic E-state index is 11.9. The Kier molecular flexibility index (Phi) is 3.42. The molecule has 0 atom stereocenters. The molecular formula is C13H11N3O3. The van der Waals surface area contributed by atoms with Crippen molar-refractivity contribution >= 4 is 23.3 Å². The molecule has 0 fully saturated rings. The summed E-state index contributed by atoms with van der Waals surface area (Å²) in [5.41, 5.74) is 6.40. The Bertz CT molecular complexity index is 641. The van der Waals surface area contributed by atoms with Gasteiger partial charge >= 0.3 is 5.97 Å². The third-order valence-corrected chi connectivity index (χ3v) is 2.43. The monoisotopic (exact) mass is 257 g/mol. The summed E-state index contributed by atoms with van der Waals surface area (Å²) in [7, 11) is 0. The molecule has 96 valence electrons. The first-order chi connectivity index (χ1) is 9.08. The van der Waals surface area contributed by atoms with Crippen molar-refractivity contribution < 1.29 is 14.7 Å². The van der Waals surface area contributed by atoms with Gasteiger partial charge in [0, 0.05) is 12.4 Å². The number of carboxylic acids is 1. The Labute approximate surface area is 108 Å². The van der Waals surface area contributed by atoms with E-state index in [1.165, 1.54) is 30.6 Å². The summed E-state index contributed by atoms with van der Waals surface area (Å²) in [5.74, 6) is -1.57. The van der Waals surface area contributed by atoms with Gasteiger partial charge in [0.1, 0.15) is 0 Å². The zero-order valence-corrected chi connectivity index (χ0v) is 9.83. The molecule has 0 bridgehead atoms. The van der Waals surface area contributed by atoms with Gasteiger partial charge in [-0.15, -0.1) is 0 Å². The van der Waals surface area contributed by atoms with Crippen molar-refractivity contribution in [2.75, 3.05) is 11.1 Å². The number of aromatic nitrogens is 1. The predicted molar refractivity (Wildman–Crippen MR) is 70.0 cm³/mol. The summed E-state index contributed by atoms with van der Waals surface area (Å²) in [4.78, 5) is 26.8. The molecule has 0 spiro atoms. The van der Waals surface area contributed by atoms with Gasteiger partial charge in [-0.1, -0.05) is 12.1 Å². The Morgan fingerprint density at radius 1 is 1.21 bits per heavy atom. The van der Waals surface area contributed by atoms with E-state index in [0.717, 1.165) is 0 Å². The van der Waals surface area contributed by atoms with E-state index < -0.39 is 11.9 Å². The molecule has 0 saturated heterocycles. The fourth-order valence-corrected chi connectivity index (χ4v) is 1.55. The number of hydrogen-bond acceptors (Lipinski definition) is 4. The zero-order chi connectivity index (χ0) is 13.8. The molecule has 1 heterocycles. The number of hydrogen-bond donors (Lipinski definition) is 3. The van der Waals surface area contributed by atoms with Gasteiger partial charge in [-0.3, -0.25) is 9.78 Å². The van der Waals surface area contributed by atoms with E-state index >= 15 is 0 Å². The summed E-state index contributed by atoms with van der Waals surface area (Å²) in [6.45, 7) is 0. The molecule has 0 aliphatic rings. The smallest absolute Gasteiger partial charge is 0.337 e. The van der Waals surface area contributed by atoms with E-state index in [4.69, 9.17) is 10.8 Å². The number of pyridine rings is 1. The number of aromatic carboxylic acids is 1. The van der Waals surface area contributed by atoms with Crippen LogP contribution in [-0.4, -0.2) is 22.0 Å². The van der Waals surface area contributed by atoms with Crippen LogP contribution in [0, 0.1) is 0 Å². The molecule has 1 aromatic carbocycles. The highest BCUT2D eigenvalue weighted by Gasteiger charge is 2.13. The third-order valence-electron chi connectivity index (χ3n) is 2.43. The van der Waals surface area contributed by atoms with Crippen molar-refractivity contribution in [1.29, 1.82) is 0 Å². The molecule has 2 rings (SSSR count). The van der Waals surface area contributed by atoms with E-state index in [-0.39, 0.29) is 16.8 Å². The maximum Gasteiger partial charge on any atom is 0.337 e. The lowest BCUT2D eigenvalue weighted by molar-refractivity contribution is 0.0698. The van der Waals surface area contributed by atoms with E-state index in [9.17, 15) is 9.59 Å². The van der Waals surface area contributed by atoms with Crippen LogP contribution in [0.5, 0.6) is 0 Å². The van der Waals surface area contributed by atoms with Crippen molar-refractivity contribution in [2.45, 2.75) is 0 Å². The number of nitrogens with one attached hydrogen (secondary N) is 1. The number of anilines is 2. The number of rotatable bonds is 3. The molecule has 1 aromatic heterocycles. The summed E-state index contributed by atoms with van der Waals surface area (Å²) < 4.78 is 0. The number of benzene rings is 1. The van der Waals surface area contributed by atoms with Gasteiger partial charge in [0.05, 0.1) is 22.5 Å². The van der Waals surface area contributed by atoms with Crippen LogP contribution in [-0.2, 0) is 0 Å². The number of para-hydroxylation sites is 1. The first-order valence-electron chi connectivity index (χ1n) is 5.42. The molecule has 0 aliphatic heterocycles. The third kappa shape index (κ3) is 2.86. The molecule has 6 nitrogen and oxygen atoms in total. The minimum Gasteiger partial charge on any atom is -0.478 e. The Balaban J connectivity index is 2.27. The van der Waals surface area contributed by atoms with Crippen molar-refractivity contribution in [3.05, 3.63) is 53.9 Å². The number of carbonyl (C=O) groups is 2. The predicted octanol–water partition coefficient (Wildman–Crippen LogP) is 1.61. The fraction of sp³-hybridized carbons (Fsp3) is 0. The van der Waals surface area contributed by atoms with Crippen molar-refractivity contribution in [2.24, 2.45) is 0 Å². The molecular weight excluding hydrogens is 246 g/mol. The lowest BCUT2D eigenvalue weighted by Crippen LogP contribution is -2.15. The highest BCUT2D eigenvalue weighted by atomic mass is 16.4. The minimum atomic E-state index is -1.11. The highest BCUT2D eigenvalue weighted by Crippen LogP contribution is 2.16. The average Bonchev–Trinajstić information content (AvgIpc) is 2.39. The van der Waals surface area contributed by atoms with Gasteiger partial charge in [-0.05, 0) is 18.2 Å². The number of nitrogen functional groups attached to an aromatic ring is 1. The van der Waals surface area contributed by atoms with Crippen molar-refractivity contribution in [1.82, 2.24) is 4.98 Å². The largest absolute Gasteiger partial charge is 0.478 e. The average molecular weight is 257 g/mol. The summed E-state index contributed by atoms with van der Waals surface area (Å²) in [5, 5.41) is 11.5. The lowest BCUT2D eigenvalue weighted by atomic mass is 10.1. The highest BCUT2D eigenvalue weighted by molar-refractivity contribution is 6.07. The quantitative estimate of drug-likeness (QED) is 0.774. The molecule has 1 amide bonds. The first kappa shape index (κ1) is 12.6. The normalized spacial score (nSPS) is 9.89. The molecule has 0 saturated carbocycles. The lowest BCUT2D eigenvalue weighted by Gasteiger charge is -2.08. The second kappa shape index (κ2) is 5.18. The topological polar surface area (TPSA) is 105 Å². The van der Waals surface area contributed by atoms with Crippen molar-refractivity contribution in [3.8, 4) is 0 Å². The Hall–Kier alpha value is -2.89. The molecule has 0 unspecified atom stereocenters. The van der Waals surface area contributed by atoms with Gasteiger partial charge in [0.15, 0.2) is 0 Å². The van der Waals surface area contributed by atoms with Crippen LogP contribution in [0.3, 0.4) is 0 Å². The van der Waals surface area contributed by atoms with Crippen LogP contribution in [0.4, 0.5) is 11.4 Å². The molecule has 6 heteroatoms. The number of carboxylic acid groups (broad SMARTS) is 1. The number of amides is 1. The molecule has 0 aliphatic carbocycles. The van der Waals surface area contributed by atoms with Crippen LogP contribution in [0.1, 0.15) is 20.7 Å². The summed E-state index contributed by atoms with van der Waals surface area (Å²) in [6.07, 6.45) is 2.77. The van der Waals surface area contributed by atoms with Gasteiger partial charge in [-0.25, -0.2) is 4.79 Å². The van der Waals surface area contributed by atoms with E-state index in [1.54, 1.807) is 12.1 Å². The maximum atomic E-state index is 11.9. The van der Waals surface area contributed by atoms with Gasteiger partial charge in [0.25, 0.3) is 5.91 Å². The Morgan fingerprint density at radius 3 is 2.63 bits per heavy atom. The van der Waals surface area contributed by atoms with Crippen LogP contribution >= 0.6 is 0 Å². The molecule has 19 heavy (non-hydrogen) atoms. The summed E-state index contributed by atoms with van der Waals surface area (Å²) >= 11 is 0. The number of nitrogens with zero attached hydrogens (tertiary/aromatic N) is 1. The molecule has 0 radical (unpaired) electrons. The molecule has 4 N–H and O–H groups in total. The minimum absolute atomic E-state index is 0.0210. The van der Waals surface area contributed by atoms with Gasteiger partial charge < -0.3 is 16.2 Å². The van der Waals surface area contributed by atoms with Crippen LogP contribution in [0.15, 0.2) is 42.7 Å². The summed E-state index contributed by atoms with van der Waals surface area (Å²) in [6, 6.07) is 7.61. The SMILES string of the molecule is Nc1cncc(C(=O)Nc2ccccc2C(=O)O)c1. The van der Waals surface area contributed by atoms with E-state index in [1.807, 2.05) is 0 Å². The standard InChI is InChI=1S/C13H11N3O3/c14-9-5-8(6-15-7-9)12(17)16-11-4-2-1-3-10(11)13(18)19/h1-7H,14H2,(H,16,17)(H,18,19). The van der Waals surface area contributed by atoms with Gasteiger partial charge in [-0.2, -0.15) is 0 Å². The number of carbonyl (C=O) groups excluding carboxylic acids is 1. The second-order valence-electron chi connectivity index (χ2n) is 3.81. The Morgan fingerprint density at radius 2 is 1.95 bits per heavy atom. The first-order valence-corrected chi connectivity index (χ1v) is 5.42. The fourth-order valence-electron chi connectivity index (χ4n) is 1.55. The number of nitrogens with two attached hydrogens (primary N) is 1. The van der Waals surface area contributed by atoms with E-state index in [2.05, 4.69) is 10.3 Å². The van der Waals surface area contributed by atoms with Crippen LogP contribution in [0.2, 0.25) is 0 Å². The van der Waals surface area contributed by atoms with Crippen molar-refractivity contribution in [3.63, 3.8) is 0 Å². The van der Waals surface area contributed by atoms with Crippen LogP contribution in [0.25, 0.3) is 0 Å². The molecule has 2 aromatic rings.